The smallest absolute Gasteiger partial charge is 0.205 e. The number of H-pyrrole nitrogens is 1. The van der Waals surface area contributed by atoms with Crippen LogP contribution in [0.4, 0.5) is 0 Å². The summed E-state index contributed by atoms with van der Waals surface area (Å²) >= 11 is 15.2. The fourth-order valence-corrected chi connectivity index (χ4v) is 2.16. The molecule has 0 aliphatic rings. The molecule has 0 unspecified atom stereocenters. The Balaban J connectivity index is 3.12. The summed E-state index contributed by atoms with van der Waals surface area (Å²) in [4.78, 5) is 15.0. The average Bonchev–Trinajstić information content (AvgIpc) is 2.20. The Hall–Kier alpha value is -0.510. The van der Waals surface area contributed by atoms with Gasteiger partial charge in [0, 0.05) is 5.69 Å². The molecule has 1 aromatic carbocycles. The van der Waals surface area contributed by atoms with Gasteiger partial charge in [-0.15, -0.1) is 0 Å². The highest BCUT2D eigenvalue weighted by atomic mass is 79.9. The van der Waals surface area contributed by atoms with E-state index in [4.69, 9.17) is 23.2 Å². The van der Waals surface area contributed by atoms with Crippen molar-refractivity contribution in [2.45, 2.75) is 6.92 Å². The van der Waals surface area contributed by atoms with Gasteiger partial charge in [0.2, 0.25) is 5.43 Å². The minimum absolute atomic E-state index is 0.145. The third kappa shape index (κ3) is 1.69. The van der Waals surface area contributed by atoms with Crippen molar-refractivity contribution in [1.82, 2.24) is 4.98 Å². The van der Waals surface area contributed by atoms with Crippen LogP contribution in [0.5, 0.6) is 0 Å². The molecule has 0 fully saturated rings. The highest BCUT2D eigenvalue weighted by Crippen LogP contribution is 2.27. The predicted molar refractivity (Wildman–Crippen MR) is 67.0 cm³/mol. The number of halogens is 3. The number of hydrogen-bond donors (Lipinski definition) is 1. The minimum Gasteiger partial charge on any atom is -0.356 e. The molecule has 0 spiro atoms. The molecule has 0 aliphatic carbocycles. The van der Waals surface area contributed by atoms with Gasteiger partial charge in [-0.25, -0.2) is 0 Å². The first-order valence-electron chi connectivity index (χ1n) is 4.18. The Morgan fingerprint density at radius 2 is 1.87 bits per heavy atom. The predicted octanol–water partition coefficient (Wildman–Crippen LogP) is 3.91. The summed E-state index contributed by atoms with van der Waals surface area (Å²) in [6.45, 7) is 1.79. The van der Waals surface area contributed by atoms with E-state index >= 15 is 0 Å². The van der Waals surface area contributed by atoms with E-state index in [0.29, 0.717) is 25.4 Å². The molecule has 1 heterocycles. The van der Waals surface area contributed by atoms with Gasteiger partial charge in [0.15, 0.2) is 0 Å². The van der Waals surface area contributed by atoms with Gasteiger partial charge in [0.1, 0.15) is 0 Å². The second-order valence-electron chi connectivity index (χ2n) is 3.17. The highest BCUT2D eigenvalue weighted by molar-refractivity contribution is 9.10. The zero-order chi connectivity index (χ0) is 11.2. The van der Waals surface area contributed by atoms with Gasteiger partial charge in [0.05, 0.1) is 25.4 Å². The molecule has 1 aromatic heterocycles. The van der Waals surface area contributed by atoms with Crippen LogP contribution >= 0.6 is 39.1 Å². The van der Waals surface area contributed by atoms with E-state index < -0.39 is 0 Å². The maximum Gasteiger partial charge on any atom is 0.205 e. The number of aromatic amines is 1. The van der Waals surface area contributed by atoms with E-state index in [0.717, 1.165) is 5.69 Å². The van der Waals surface area contributed by atoms with Gasteiger partial charge < -0.3 is 4.98 Å². The fourth-order valence-electron chi connectivity index (χ4n) is 1.42. The van der Waals surface area contributed by atoms with Crippen LogP contribution in [0.25, 0.3) is 10.9 Å². The number of hydrogen-bond acceptors (Lipinski definition) is 1. The lowest BCUT2D eigenvalue weighted by Gasteiger charge is -2.05. The van der Waals surface area contributed by atoms with E-state index in [1.54, 1.807) is 19.1 Å². The van der Waals surface area contributed by atoms with Crippen molar-refractivity contribution in [2.75, 3.05) is 0 Å². The number of benzene rings is 1. The molecule has 2 rings (SSSR count). The minimum atomic E-state index is -0.145. The van der Waals surface area contributed by atoms with Gasteiger partial charge >= 0.3 is 0 Å². The van der Waals surface area contributed by atoms with Crippen molar-refractivity contribution in [1.29, 1.82) is 0 Å². The molecule has 0 saturated heterocycles. The SMILES string of the molecule is Cc1[nH]c2c(Cl)ccc(Cl)c2c(=O)c1Br. The van der Waals surface area contributed by atoms with Gasteiger partial charge in [-0.1, -0.05) is 23.2 Å². The zero-order valence-corrected chi connectivity index (χ0v) is 10.8. The molecule has 0 saturated carbocycles. The van der Waals surface area contributed by atoms with Crippen LogP contribution in [0.2, 0.25) is 10.0 Å². The number of nitrogens with one attached hydrogen (secondary N) is 1. The topological polar surface area (TPSA) is 32.9 Å². The summed E-state index contributed by atoms with van der Waals surface area (Å²) in [5, 5.41) is 1.31. The summed E-state index contributed by atoms with van der Waals surface area (Å²) in [6.07, 6.45) is 0. The molecule has 1 N–H and O–H groups in total. The fraction of sp³-hybridized carbons (Fsp3) is 0.100. The molecule has 0 atom stereocenters. The van der Waals surface area contributed by atoms with Crippen molar-refractivity contribution in [3.63, 3.8) is 0 Å². The van der Waals surface area contributed by atoms with E-state index in [-0.39, 0.29) is 5.43 Å². The first kappa shape index (κ1) is 11.0. The first-order valence-corrected chi connectivity index (χ1v) is 5.73. The summed E-state index contributed by atoms with van der Waals surface area (Å²) in [5.74, 6) is 0. The third-order valence-corrected chi connectivity index (χ3v) is 3.76. The maximum absolute atomic E-state index is 11.9. The van der Waals surface area contributed by atoms with Crippen LogP contribution in [0.3, 0.4) is 0 Å². The van der Waals surface area contributed by atoms with Crippen LogP contribution in [0, 0.1) is 6.92 Å². The quantitative estimate of drug-likeness (QED) is 0.786. The molecular weight excluding hydrogens is 301 g/mol. The number of pyridine rings is 1. The van der Waals surface area contributed by atoms with Gasteiger partial charge in [0.25, 0.3) is 0 Å². The van der Waals surface area contributed by atoms with Gasteiger partial charge in [-0.05, 0) is 35.0 Å². The van der Waals surface area contributed by atoms with Crippen LogP contribution in [-0.4, -0.2) is 4.98 Å². The molecule has 0 radical (unpaired) electrons. The summed E-state index contributed by atoms with van der Waals surface area (Å²) in [6, 6.07) is 3.28. The molecule has 15 heavy (non-hydrogen) atoms. The van der Waals surface area contributed by atoms with Crippen molar-refractivity contribution < 1.29 is 0 Å². The van der Waals surface area contributed by atoms with Crippen molar-refractivity contribution in [3.8, 4) is 0 Å². The van der Waals surface area contributed by atoms with E-state index in [1.165, 1.54) is 0 Å². The summed E-state index contributed by atoms with van der Waals surface area (Å²) in [5.41, 5.74) is 1.17. The van der Waals surface area contributed by atoms with Gasteiger partial charge in [-0.3, -0.25) is 4.79 Å². The van der Waals surface area contributed by atoms with Crippen LogP contribution < -0.4 is 5.43 Å². The van der Waals surface area contributed by atoms with E-state index in [1.807, 2.05) is 0 Å². The third-order valence-electron chi connectivity index (χ3n) is 2.17. The lowest BCUT2D eigenvalue weighted by Crippen LogP contribution is -2.07. The van der Waals surface area contributed by atoms with Crippen molar-refractivity contribution in [3.05, 3.63) is 42.6 Å². The van der Waals surface area contributed by atoms with Crippen LogP contribution in [0.15, 0.2) is 21.4 Å². The van der Waals surface area contributed by atoms with E-state index in [9.17, 15) is 4.79 Å². The molecule has 0 aliphatic heterocycles. The highest BCUT2D eigenvalue weighted by Gasteiger charge is 2.11. The van der Waals surface area contributed by atoms with Gasteiger partial charge in [-0.2, -0.15) is 0 Å². The Morgan fingerprint density at radius 1 is 1.27 bits per heavy atom. The summed E-state index contributed by atoms with van der Waals surface area (Å²) in [7, 11) is 0. The number of rotatable bonds is 0. The molecular formula is C10H6BrCl2NO. The lowest BCUT2D eigenvalue weighted by atomic mass is 10.2. The monoisotopic (exact) mass is 305 g/mol. The number of aryl methyl sites for hydroxylation is 1. The molecule has 5 heteroatoms. The molecule has 0 amide bonds. The molecule has 2 nitrogen and oxygen atoms in total. The lowest BCUT2D eigenvalue weighted by molar-refractivity contribution is 1.22. The Morgan fingerprint density at radius 3 is 2.53 bits per heavy atom. The maximum atomic E-state index is 11.9. The summed E-state index contributed by atoms with van der Waals surface area (Å²) < 4.78 is 0.485. The van der Waals surface area contributed by atoms with Crippen LogP contribution in [-0.2, 0) is 0 Å². The number of fused-ring (bicyclic) bond motifs is 1. The first-order chi connectivity index (χ1) is 7.02. The second-order valence-corrected chi connectivity index (χ2v) is 4.78. The largest absolute Gasteiger partial charge is 0.356 e. The Labute approximate surface area is 104 Å². The average molecular weight is 307 g/mol. The normalized spacial score (nSPS) is 10.9. The van der Waals surface area contributed by atoms with Crippen LogP contribution in [0.1, 0.15) is 5.69 Å². The molecule has 0 bridgehead atoms. The standard InChI is InChI=1S/C10H6BrCl2NO/c1-4-8(11)10(15)7-5(12)2-3-6(13)9(7)14-4/h2-3H,1H3,(H,14,15). The van der Waals surface area contributed by atoms with E-state index in [2.05, 4.69) is 20.9 Å². The Bertz CT molecular complexity index is 606. The number of aromatic nitrogens is 1. The molecule has 78 valence electrons. The zero-order valence-electron chi connectivity index (χ0n) is 7.70. The Kier molecular flexibility index (Phi) is 2.79. The second kappa shape index (κ2) is 3.81. The molecule has 2 aromatic rings. The van der Waals surface area contributed by atoms with Crippen molar-refractivity contribution in [2.24, 2.45) is 0 Å². The van der Waals surface area contributed by atoms with Crippen molar-refractivity contribution >= 4 is 50.0 Å².